The SMILES string of the molecule is CN1CC(C)(CC(F)F)C1. The Kier molecular flexibility index (Phi) is 1.95. The Bertz CT molecular complexity index is 119. The van der Waals surface area contributed by atoms with Crippen molar-refractivity contribution in [2.24, 2.45) is 5.41 Å². The van der Waals surface area contributed by atoms with E-state index < -0.39 is 6.43 Å². The maximum Gasteiger partial charge on any atom is 0.239 e. The van der Waals surface area contributed by atoms with E-state index in [0.29, 0.717) is 0 Å². The lowest BCUT2D eigenvalue weighted by Crippen LogP contribution is -2.53. The van der Waals surface area contributed by atoms with Gasteiger partial charge in [0.2, 0.25) is 6.43 Å². The van der Waals surface area contributed by atoms with E-state index in [-0.39, 0.29) is 11.8 Å². The van der Waals surface area contributed by atoms with Crippen molar-refractivity contribution in [1.82, 2.24) is 4.90 Å². The van der Waals surface area contributed by atoms with E-state index in [4.69, 9.17) is 0 Å². The van der Waals surface area contributed by atoms with Gasteiger partial charge in [-0.2, -0.15) is 0 Å². The van der Waals surface area contributed by atoms with Gasteiger partial charge in [0.05, 0.1) is 0 Å². The summed E-state index contributed by atoms with van der Waals surface area (Å²) in [7, 11) is 1.95. The van der Waals surface area contributed by atoms with Gasteiger partial charge in [0.1, 0.15) is 0 Å². The molecule has 1 aliphatic heterocycles. The number of hydrogen-bond donors (Lipinski definition) is 0. The van der Waals surface area contributed by atoms with Crippen LogP contribution in [-0.4, -0.2) is 31.5 Å². The molecule has 0 atom stereocenters. The van der Waals surface area contributed by atoms with Gasteiger partial charge in [0, 0.05) is 19.5 Å². The molecule has 0 aromatic rings. The van der Waals surface area contributed by atoms with Crippen molar-refractivity contribution in [2.45, 2.75) is 19.8 Å². The van der Waals surface area contributed by atoms with E-state index >= 15 is 0 Å². The Balaban J connectivity index is 2.27. The molecule has 0 spiro atoms. The molecule has 0 bridgehead atoms. The van der Waals surface area contributed by atoms with Crippen LogP contribution in [0.3, 0.4) is 0 Å². The maximum atomic E-state index is 11.9. The first kappa shape index (κ1) is 7.92. The van der Waals surface area contributed by atoms with Gasteiger partial charge in [0.15, 0.2) is 0 Å². The van der Waals surface area contributed by atoms with Gasteiger partial charge in [-0.1, -0.05) is 6.92 Å². The zero-order valence-corrected chi connectivity index (χ0v) is 6.40. The average Bonchev–Trinajstić information content (AvgIpc) is 1.57. The minimum atomic E-state index is -2.14. The fourth-order valence-corrected chi connectivity index (χ4v) is 1.76. The number of halogens is 2. The molecule has 0 aliphatic carbocycles. The molecule has 0 N–H and O–H groups in total. The second-order valence-corrected chi connectivity index (χ2v) is 3.58. The minimum Gasteiger partial charge on any atom is -0.305 e. The monoisotopic (exact) mass is 149 g/mol. The van der Waals surface area contributed by atoms with Crippen LogP contribution in [0.25, 0.3) is 0 Å². The van der Waals surface area contributed by atoms with Crippen molar-refractivity contribution in [3.8, 4) is 0 Å². The van der Waals surface area contributed by atoms with Crippen molar-refractivity contribution < 1.29 is 8.78 Å². The average molecular weight is 149 g/mol. The smallest absolute Gasteiger partial charge is 0.239 e. The Morgan fingerprint density at radius 1 is 1.50 bits per heavy atom. The van der Waals surface area contributed by atoms with E-state index in [1.165, 1.54) is 0 Å². The van der Waals surface area contributed by atoms with Crippen LogP contribution in [0.15, 0.2) is 0 Å². The van der Waals surface area contributed by atoms with Gasteiger partial charge < -0.3 is 4.90 Å². The fourth-order valence-electron chi connectivity index (χ4n) is 1.76. The number of hydrogen-bond acceptors (Lipinski definition) is 1. The molecule has 3 heteroatoms. The lowest BCUT2D eigenvalue weighted by Gasteiger charge is -2.46. The lowest BCUT2D eigenvalue weighted by molar-refractivity contribution is -0.0184. The third kappa shape index (κ3) is 1.66. The predicted molar refractivity (Wildman–Crippen MR) is 36.2 cm³/mol. The van der Waals surface area contributed by atoms with Crippen LogP contribution in [0.4, 0.5) is 8.78 Å². The molecule has 1 aliphatic rings. The zero-order chi connectivity index (χ0) is 7.78. The van der Waals surface area contributed by atoms with E-state index in [0.717, 1.165) is 13.1 Å². The van der Waals surface area contributed by atoms with Crippen LogP contribution in [0.2, 0.25) is 0 Å². The first-order valence-corrected chi connectivity index (χ1v) is 3.49. The molecule has 0 radical (unpaired) electrons. The molecule has 0 unspecified atom stereocenters. The molecule has 1 rings (SSSR count). The lowest BCUT2D eigenvalue weighted by atomic mass is 9.79. The second-order valence-electron chi connectivity index (χ2n) is 3.58. The quantitative estimate of drug-likeness (QED) is 0.576. The highest BCUT2D eigenvalue weighted by molar-refractivity contribution is 4.89. The van der Waals surface area contributed by atoms with Crippen LogP contribution in [0.5, 0.6) is 0 Å². The molecule has 0 amide bonds. The summed E-state index contributed by atoms with van der Waals surface area (Å²) in [5, 5.41) is 0. The van der Waals surface area contributed by atoms with Crippen molar-refractivity contribution in [1.29, 1.82) is 0 Å². The summed E-state index contributed by atoms with van der Waals surface area (Å²) in [6.45, 7) is 3.55. The standard InChI is InChI=1S/C7H13F2N/c1-7(3-6(8)9)4-10(2)5-7/h6H,3-5H2,1-2H3. The molecule has 0 aromatic heterocycles. The highest BCUT2D eigenvalue weighted by Gasteiger charge is 2.38. The van der Waals surface area contributed by atoms with Crippen molar-refractivity contribution in [3.63, 3.8) is 0 Å². The van der Waals surface area contributed by atoms with Crippen molar-refractivity contribution in [2.75, 3.05) is 20.1 Å². The topological polar surface area (TPSA) is 3.24 Å². The van der Waals surface area contributed by atoms with E-state index in [2.05, 4.69) is 4.90 Å². The molecule has 1 saturated heterocycles. The van der Waals surface area contributed by atoms with E-state index in [9.17, 15) is 8.78 Å². The third-order valence-corrected chi connectivity index (χ3v) is 1.95. The first-order chi connectivity index (χ1) is 4.52. The number of rotatable bonds is 2. The molecule has 0 saturated carbocycles. The van der Waals surface area contributed by atoms with Crippen LogP contribution in [0.1, 0.15) is 13.3 Å². The molecule has 1 fully saturated rings. The van der Waals surface area contributed by atoms with Gasteiger partial charge >= 0.3 is 0 Å². The first-order valence-electron chi connectivity index (χ1n) is 3.49. The summed E-state index contributed by atoms with van der Waals surface area (Å²) in [4.78, 5) is 2.06. The fraction of sp³-hybridized carbons (Fsp3) is 1.00. The highest BCUT2D eigenvalue weighted by atomic mass is 19.3. The summed E-state index contributed by atoms with van der Waals surface area (Å²) in [5.74, 6) is 0. The Labute approximate surface area is 60.0 Å². The molecular formula is C7H13F2N. The Morgan fingerprint density at radius 3 is 2.30 bits per heavy atom. The van der Waals surface area contributed by atoms with Crippen molar-refractivity contribution >= 4 is 0 Å². The third-order valence-electron chi connectivity index (χ3n) is 1.95. The number of nitrogens with zero attached hydrogens (tertiary/aromatic N) is 1. The number of likely N-dealkylation sites (tertiary alicyclic amines) is 1. The Hall–Kier alpha value is -0.180. The summed E-state index contributed by atoms with van der Waals surface area (Å²) >= 11 is 0. The largest absolute Gasteiger partial charge is 0.305 e. The molecule has 0 aromatic carbocycles. The maximum absolute atomic E-state index is 11.9. The zero-order valence-electron chi connectivity index (χ0n) is 6.40. The Morgan fingerprint density at radius 2 is 2.00 bits per heavy atom. The van der Waals surface area contributed by atoms with Gasteiger partial charge in [0.25, 0.3) is 0 Å². The normalized spacial score (nSPS) is 24.9. The summed E-state index contributed by atoms with van der Waals surface area (Å²) in [6, 6.07) is 0. The summed E-state index contributed by atoms with van der Waals surface area (Å²) < 4.78 is 23.7. The van der Waals surface area contributed by atoms with Crippen molar-refractivity contribution in [3.05, 3.63) is 0 Å². The van der Waals surface area contributed by atoms with Crippen LogP contribution >= 0.6 is 0 Å². The van der Waals surface area contributed by atoms with Crippen LogP contribution in [0, 0.1) is 5.41 Å². The second kappa shape index (κ2) is 2.46. The minimum absolute atomic E-state index is 0.0529. The van der Waals surface area contributed by atoms with Gasteiger partial charge in [-0.05, 0) is 12.5 Å². The van der Waals surface area contributed by atoms with Gasteiger partial charge in [-0.3, -0.25) is 0 Å². The van der Waals surface area contributed by atoms with Crippen LogP contribution < -0.4 is 0 Å². The predicted octanol–water partition coefficient (Wildman–Crippen LogP) is 1.59. The van der Waals surface area contributed by atoms with E-state index in [1.54, 1.807) is 0 Å². The summed E-state index contributed by atoms with van der Waals surface area (Å²) in [5.41, 5.74) is -0.108. The van der Waals surface area contributed by atoms with Gasteiger partial charge in [-0.25, -0.2) is 8.78 Å². The number of alkyl halides is 2. The molecule has 1 heterocycles. The summed E-state index contributed by atoms with van der Waals surface area (Å²) in [6.07, 6.45) is -2.09. The molecular weight excluding hydrogens is 136 g/mol. The van der Waals surface area contributed by atoms with E-state index in [1.807, 2.05) is 14.0 Å². The van der Waals surface area contributed by atoms with Crippen LogP contribution in [-0.2, 0) is 0 Å². The molecule has 10 heavy (non-hydrogen) atoms. The van der Waals surface area contributed by atoms with Gasteiger partial charge in [-0.15, -0.1) is 0 Å². The molecule has 60 valence electrons. The molecule has 1 nitrogen and oxygen atoms in total. The highest BCUT2D eigenvalue weighted by Crippen LogP contribution is 2.34.